The van der Waals surface area contributed by atoms with E-state index in [-0.39, 0.29) is 0 Å². The van der Waals surface area contributed by atoms with Gasteiger partial charge in [0.25, 0.3) is 0 Å². The van der Waals surface area contributed by atoms with E-state index in [0.717, 1.165) is 29.5 Å². The van der Waals surface area contributed by atoms with Crippen LogP contribution in [-0.2, 0) is 13.6 Å². The molecule has 1 rings (SSSR count). The van der Waals surface area contributed by atoms with E-state index in [2.05, 4.69) is 27.3 Å². The van der Waals surface area contributed by atoms with Crippen LogP contribution in [0.25, 0.3) is 0 Å². The second-order valence-corrected chi connectivity index (χ2v) is 4.87. The van der Waals surface area contributed by atoms with Crippen LogP contribution in [0.5, 0.6) is 0 Å². The molecule has 0 unspecified atom stereocenters. The van der Waals surface area contributed by atoms with Gasteiger partial charge in [-0.3, -0.25) is 4.68 Å². The van der Waals surface area contributed by atoms with E-state index in [1.807, 2.05) is 32.5 Å². The molecule has 19 heavy (non-hydrogen) atoms. The van der Waals surface area contributed by atoms with Gasteiger partial charge in [-0.1, -0.05) is 18.2 Å². The maximum absolute atomic E-state index is 5.74. The smallest absolute Gasteiger partial charge is 0.191 e. The molecule has 1 heterocycles. The molecule has 2 N–H and O–H groups in total. The normalized spacial score (nSPS) is 11.5. The molecular weight excluding hydrogens is 262 g/mol. The maximum Gasteiger partial charge on any atom is 0.191 e. The lowest BCUT2D eigenvalue weighted by atomic mass is 10.2. The number of rotatable bonds is 5. The Labute approximate surface area is 119 Å². The van der Waals surface area contributed by atoms with Gasteiger partial charge in [0.15, 0.2) is 5.96 Å². The van der Waals surface area contributed by atoms with E-state index in [1.54, 1.807) is 0 Å². The summed E-state index contributed by atoms with van der Waals surface area (Å²) in [6.07, 6.45) is 0. The highest BCUT2D eigenvalue weighted by atomic mass is 35.5. The van der Waals surface area contributed by atoms with Crippen LogP contribution >= 0.6 is 11.6 Å². The van der Waals surface area contributed by atoms with Gasteiger partial charge in [0.1, 0.15) is 0 Å². The topological polar surface area (TPSA) is 54.2 Å². The van der Waals surface area contributed by atoms with Crippen LogP contribution in [0.4, 0.5) is 0 Å². The molecule has 0 aliphatic carbocycles. The van der Waals surface area contributed by atoms with Gasteiger partial charge in [0, 0.05) is 29.9 Å². The number of aromatic nitrogens is 2. The minimum atomic E-state index is 0.498. The van der Waals surface area contributed by atoms with Crippen molar-refractivity contribution in [3.05, 3.63) is 28.6 Å². The Hall–Kier alpha value is -1.49. The second-order valence-electron chi connectivity index (χ2n) is 4.34. The average Bonchev–Trinajstić information content (AvgIpc) is 2.58. The summed E-state index contributed by atoms with van der Waals surface area (Å²) in [4.78, 5) is 4.53. The Balaban J connectivity index is 2.76. The van der Waals surface area contributed by atoms with Crippen LogP contribution in [0.2, 0.25) is 0 Å². The van der Waals surface area contributed by atoms with Gasteiger partial charge in [-0.15, -0.1) is 0 Å². The van der Waals surface area contributed by atoms with Gasteiger partial charge in [-0.05, 0) is 20.8 Å². The van der Waals surface area contributed by atoms with Crippen molar-refractivity contribution < 1.29 is 0 Å². The number of nitrogens with one attached hydrogen (secondary N) is 2. The van der Waals surface area contributed by atoms with Crippen molar-refractivity contribution in [3.63, 3.8) is 0 Å². The molecule has 0 aromatic carbocycles. The quantitative estimate of drug-likeness (QED) is 0.640. The largest absolute Gasteiger partial charge is 0.357 e. The van der Waals surface area contributed by atoms with Crippen LogP contribution in [0.1, 0.15) is 23.9 Å². The molecule has 0 aliphatic rings. The maximum atomic E-state index is 5.74. The minimum absolute atomic E-state index is 0.498. The van der Waals surface area contributed by atoms with E-state index in [9.17, 15) is 0 Å². The molecule has 0 amide bonds. The lowest BCUT2D eigenvalue weighted by Crippen LogP contribution is -2.37. The summed E-state index contributed by atoms with van der Waals surface area (Å²) in [6, 6.07) is 0. The van der Waals surface area contributed by atoms with Crippen molar-refractivity contribution in [1.82, 2.24) is 20.4 Å². The zero-order chi connectivity index (χ0) is 14.4. The van der Waals surface area contributed by atoms with E-state index >= 15 is 0 Å². The van der Waals surface area contributed by atoms with Gasteiger partial charge in [-0.2, -0.15) is 5.10 Å². The number of halogens is 1. The number of hydrogen-bond acceptors (Lipinski definition) is 2. The SMILES string of the molecule is C=C(Cl)CNC(=NCc1c(C)nn(C)c1C)NCC. The lowest BCUT2D eigenvalue weighted by Gasteiger charge is -2.10. The van der Waals surface area contributed by atoms with Gasteiger partial charge < -0.3 is 10.6 Å². The molecule has 0 spiro atoms. The molecule has 0 atom stereocenters. The van der Waals surface area contributed by atoms with Crippen LogP contribution in [0.3, 0.4) is 0 Å². The molecule has 6 heteroatoms. The van der Waals surface area contributed by atoms with E-state index in [4.69, 9.17) is 11.6 Å². The zero-order valence-corrected chi connectivity index (χ0v) is 12.8. The van der Waals surface area contributed by atoms with Crippen molar-refractivity contribution in [2.24, 2.45) is 12.0 Å². The number of hydrogen-bond donors (Lipinski definition) is 2. The molecule has 1 aromatic rings. The van der Waals surface area contributed by atoms with Crippen LogP contribution < -0.4 is 10.6 Å². The number of aliphatic imine (C=N–C) groups is 1. The third-order valence-corrected chi connectivity index (χ3v) is 2.98. The minimum Gasteiger partial charge on any atom is -0.357 e. The molecule has 0 fully saturated rings. The summed E-state index contributed by atoms with van der Waals surface area (Å²) in [6.45, 7) is 11.6. The first-order valence-electron chi connectivity index (χ1n) is 6.30. The molecule has 5 nitrogen and oxygen atoms in total. The summed E-state index contributed by atoms with van der Waals surface area (Å²) in [7, 11) is 1.94. The zero-order valence-electron chi connectivity index (χ0n) is 12.0. The highest BCUT2D eigenvalue weighted by molar-refractivity contribution is 6.29. The Morgan fingerprint density at radius 3 is 2.58 bits per heavy atom. The van der Waals surface area contributed by atoms with Crippen LogP contribution in [-0.4, -0.2) is 28.8 Å². The van der Waals surface area contributed by atoms with E-state index in [1.165, 1.54) is 0 Å². The molecule has 0 aliphatic heterocycles. The van der Waals surface area contributed by atoms with Crippen LogP contribution in [0, 0.1) is 13.8 Å². The lowest BCUT2D eigenvalue weighted by molar-refractivity contribution is 0.730. The average molecular weight is 284 g/mol. The Morgan fingerprint density at radius 2 is 2.11 bits per heavy atom. The van der Waals surface area contributed by atoms with Crippen molar-refractivity contribution in [2.45, 2.75) is 27.3 Å². The van der Waals surface area contributed by atoms with Crippen molar-refractivity contribution in [1.29, 1.82) is 0 Å². The predicted octanol–water partition coefficient (Wildman–Crippen LogP) is 1.84. The van der Waals surface area contributed by atoms with Crippen molar-refractivity contribution in [3.8, 4) is 0 Å². The Bertz CT molecular complexity index is 476. The number of aryl methyl sites for hydroxylation is 2. The molecule has 106 valence electrons. The summed E-state index contributed by atoms with van der Waals surface area (Å²) in [5.74, 6) is 0.729. The fraction of sp³-hybridized carbons (Fsp3) is 0.538. The molecule has 0 radical (unpaired) electrons. The summed E-state index contributed by atoms with van der Waals surface area (Å²) in [5.41, 5.74) is 3.31. The van der Waals surface area contributed by atoms with Gasteiger partial charge in [0.2, 0.25) is 0 Å². The summed E-state index contributed by atoms with van der Waals surface area (Å²) >= 11 is 5.74. The van der Waals surface area contributed by atoms with E-state index in [0.29, 0.717) is 18.1 Å². The fourth-order valence-electron chi connectivity index (χ4n) is 1.73. The van der Waals surface area contributed by atoms with Gasteiger partial charge >= 0.3 is 0 Å². The third kappa shape index (κ3) is 4.59. The first kappa shape index (κ1) is 15.6. The van der Waals surface area contributed by atoms with E-state index < -0.39 is 0 Å². The second kappa shape index (κ2) is 7.19. The summed E-state index contributed by atoms with van der Waals surface area (Å²) in [5, 5.41) is 11.2. The van der Waals surface area contributed by atoms with Gasteiger partial charge in [0.05, 0.1) is 18.8 Å². The Kier molecular flexibility index (Phi) is 5.89. The standard InChI is InChI=1S/C13H22ClN5/c1-6-15-13(16-7-9(2)14)17-8-12-10(3)18-19(5)11(12)4/h2,6-8H2,1,3-5H3,(H2,15,16,17). The third-order valence-electron chi connectivity index (χ3n) is 2.85. The van der Waals surface area contributed by atoms with Crippen LogP contribution in [0.15, 0.2) is 16.6 Å². The monoisotopic (exact) mass is 283 g/mol. The summed E-state index contributed by atoms with van der Waals surface area (Å²) < 4.78 is 1.88. The highest BCUT2D eigenvalue weighted by Gasteiger charge is 2.08. The molecule has 1 aromatic heterocycles. The molecule has 0 bridgehead atoms. The molecular formula is C13H22ClN5. The van der Waals surface area contributed by atoms with Gasteiger partial charge in [-0.25, -0.2) is 4.99 Å². The number of nitrogens with zero attached hydrogens (tertiary/aromatic N) is 3. The first-order chi connectivity index (χ1) is 8.95. The first-order valence-corrected chi connectivity index (χ1v) is 6.68. The fourth-order valence-corrected chi connectivity index (χ4v) is 1.79. The molecule has 0 saturated heterocycles. The van der Waals surface area contributed by atoms with Crippen molar-refractivity contribution in [2.75, 3.05) is 13.1 Å². The highest BCUT2D eigenvalue weighted by Crippen LogP contribution is 2.12. The van der Waals surface area contributed by atoms with Crippen molar-refractivity contribution >= 4 is 17.6 Å². The Morgan fingerprint density at radius 1 is 1.42 bits per heavy atom. The molecule has 0 saturated carbocycles. The number of guanidine groups is 1. The predicted molar refractivity (Wildman–Crippen MR) is 80.5 cm³/mol.